The van der Waals surface area contributed by atoms with Crippen molar-refractivity contribution in [2.24, 2.45) is 0 Å². The molecule has 0 heterocycles. The molecule has 1 unspecified atom stereocenters. The van der Waals surface area contributed by atoms with Crippen LogP contribution in [-0.2, 0) is 9.53 Å². The second kappa shape index (κ2) is 15.8. The number of hydrogen-bond acceptors (Lipinski definition) is 3. The van der Waals surface area contributed by atoms with E-state index in [1.807, 2.05) is 0 Å². The Labute approximate surface area is 124 Å². The summed E-state index contributed by atoms with van der Waals surface area (Å²) >= 11 is 0. The summed E-state index contributed by atoms with van der Waals surface area (Å²) in [6, 6.07) is 0. The average molecular weight is 295 g/mol. The quantitative estimate of drug-likeness (QED) is 0.432. The van der Waals surface area contributed by atoms with Gasteiger partial charge in [-0.3, -0.25) is 0 Å². The predicted octanol–water partition coefficient (Wildman–Crippen LogP) is 4.25. The number of carbonyl (C=O) groups excluding carboxylic acids is 1. The average Bonchev–Trinajstić information content (AvgIpc) is 2.35. The van der Waals surface area contributed by atoms with Crippen molar-refractivity contribution in [2.75, 3.05) is 6.61 Å². The van der Waals surface area contributed by atoms with Crippen LogP contribution in [0, 0.1) is 0 Å². The first-order chi connectivity index (χ1) is 8.68. The van der Waals surface area contributed by atoms with E-state index >= 15 is 0 Å². The number of aliphatic hydroxyl groups is 1. The maximum Gasteiger partial charge on any atom is 0.334 e. The molecule has 0 aromatic carbocycles. The maximum absolute atomic E-state index is 10.9. The van der Waals surface area contributed by atoms with Crippen LogP contribution in [0.3, 0.4) is 0 Å². The zero-order valence-corrected chi connectivity index (χ0v) is 13.3. The highest BCUT2D eigenvalue weighted by molar-refractivity contribution is 5.85. The van der Waals surface area contributed by atoms with Crippen LogP contribution in [-0.4, -0.2) is 23.8 Å². The Bertz CT molecular complexity index is 196. The summed E-state index contributed by atoms with van der Waals surface area (Å²) in [4.78, 5) is 10.9. The number of carbonyl (C=O) groups is 1. The molecule has 1 atom stereocenters. The van der Waals surface area contributed by atoms with Crippen molar-refractivity contribution in [1.29, 1.82) is 0 Å². The maximum atomic E-state index is 10.9. The molecule has 0 amide bonds. The summed E-state index contributed by atoms with van der Waals surface area (Å²) < 4.78 is 4.89. The highest BCUT2D eigenvalue weighted by atomic mass is 35.5. The van der Waals surface area contributed by atoms with E-state index in [1.165, 1.54) is 58.3 Å². The molecule has 0 aromatic rings. The van der Waals surface area contributed by atoms with Crippen molar-refractivity contribution < 1.29 is 14.6 Å². The zero-order chi connectivity index (χ0) is 13.6. The number of esters is 1. The number of aliphatic hydroxyl groups excluding tert-OH is 1. The van der Waals surface area contributed by atoms with Crippen LogP contribution in [0.1, 0.15) is 78.1 Å². The third kappa shape index (κ3) is 15.7. The number of hydrogen-bond donors (Lipinski definition) is 1. The van der Waals surface area contributed by atoms with E-state index in [0.29, 0.717) is 6.61 Å². The third-order valence-electron chi connectivity index (χ3n) is 3.08. The van der Waals surface area contributed by atoms with Crippen LogP contribution in [0.2, 0.25) is 0 Å². The van der Waals surface area contributed by atoms with Crippen LogP contribution in [0.15, 0.2) is 0 Å². The zero-order valence-electron chi connectivity index (χ0n) is 12.5. The lowest BCUT2D eigenvalue weighted by atomic mass is 10.1. The van der Waals surface area contributed by atoms with E-state index in [1.54, 1.807) is 0 Å². The lowest BCUT2D eigenvalue weighted by Crippen LogP contribution is -2.19. The normalized spacial score (nSPS) is 11.7. The minimum Gasteiger partial charge on any atom is -0.464 e. The SMILES string of the molecule is CCCCCCCCCCCCOC(=O)C(C)O.Cl. The highest BCUT2D eigenvalue weighted by Gasteiger charge is 2.08. The predicted molar refractivity (Wildman–Crippen MR) is 81.7 cm³/mol. The molecule has 1 N–H and O–H groups in total. The van der Waals surface area contributed by atoms with Crippen molar-refractivity contribution >= 4 is 18.4 Å². The Kier molecular flexibility index (Phi) is 17.5. The molecule has 116 valence electrons. The van der Waals surface area contributed by atoms with Crippen LogP contribution in [0.5, 0.6) is 0 Å². The highest BCUT2D eigenvalue weighted by Crippen LogP contribution is 2.10. The van der Waals surface area contributed by atoms with Gasteiger partial charge < -0.3 is 9.84 Å². The second-order valence-corrected chi connectivity index (χ2v) is 5.03. The van der Waals surface area contributed by atoms with Crippen molar-refractivity contribution in [3.8, 4) is 0 Å². The fraction of sp³-hybridized carbons (Fsp3) is 0.933. The second-order valence-electron chi connectivity index (χ2n) is 5.03. The first-order valence-electron chi connectivity index (χ1n) is 7.53. The van der Waals surface area contributed by atoms with E-state index in [2.05, 4.69) is 6.92 Å². The number of rotatable bonds is 12. The molecule has 0 aliphatic rings. The van der Waals surface area contributed by atoms with Gasteiger partial charge >= 0.3 is 5.97 Å². The molecule has 0 radical (unpaired) electrons. The van der Waals surface area contributed by atoms with Crippen molar-refractivity contribution in [3.05, 3.63) is 0 Å². The standard InChI is InChI=1S/C15H30O3.ClH/c1-3-4-5-6-7-8-9-10-11-12-13-18-15(17)14(2)16;/h14,16H,3-13H2,1-2H3;1H. The first kappa shape index (κ1) is 21.0. The van der Waals surface area contributed by atoms with Gasteiger partial charge in [-0.25, -0.2) is 4.79 Å². The summed E-state index contributed by atoms with van der Waals surface area (Å²) in [6.45, 7) is 4.12. The van der Waals surface area contributed by atoms with E-state index in [-0.39, 0.29) is 12.4 Å². The molecule has 0 aliphatic carbocycles. The Balaban J connectivity index is 0. The smallest absolute Gasteiger partial charge is 0.334 e. The lowest BCUT2D eigenvalue weighted by Gasteiger charge is -2.06. The van der Waals surface area contributed by atoms with Crippen LogP contribution in [0.25, 0.3) is 0 Å². The topological polar surface area (TPSA) is 46.5 Å². The van der Waals surface area contributed by atoms with Gasteiger partial charge in [0.05, 0.1) is 6.61 Å². The minimum atomic E-state index is -0.992. The summed E-state index contributed by atoms with van der Waals surface area (Å²) in [5.74, 6) is -0.508. The molecule has 19 heavy (non-hydrogen) atoms. The third-order valence-corrected chi connectivity index (χ3v) is 3.08. The van der Waals surface area contributed by atoms with E-state index < -0.39 is 12.1 Å². The molecule has 0 aromatic heterocycles. The lowest BCUT2D eigenvalue weighted by molar-refractivity contribution is -0.152. The van der Waals surface area contributed by atoms with Crippen molar-refractivity contribution in [1.82, 2.24) is 0 Å². The van der Waals surface area contributed by atoms with Gasteiger partial charge in [-0.1, -0.05) is 64.7 Å². The fourth-order valence-electron chi connectivity index (χ4n) is 1.88. The van der Waals surface area contributed by atoms with Gasteiger partial charge in [0.25, 0.3) is 0 Å². The molecule has 3 nitrogen and oxygen atoms in total. The van der Waals surface area contributed by atoms with Gasteiger partial charge in [0.1, 0.15) is 6.10 Å². The minimum absolute atomic E-state index is 0. The molecule has 0 bridgehead atoms. The Morgan fingerprint density at radius 1 is 0.947 bits per heavy atom. The summed E-state index contributed by atoms with van der Waals surface area (Å²) in [5, 5.41) is 8.91. The Hall–Kier alpha value is -0.280. The monoisotopic (exact) mass is 294 g/mol. The molecule has 0 saturated carbocycles. The molecule has 0 rings (SSSR count). The van der Waals surface area contributed by atoms with Gasteiger partial charge in [0.15, 0.2) is 0 Å². The Morgan fingerprint density at radius 2 is 1.37 bits per heavy atom. The molecule has 0 aliphatic heterocycles. The number of unbranched alkanes of at least 4 members (excludes halogenated alkanes) is 9. The molecule has 4 heteroatoms. The molecular formula is C15H31ClO3. The molecule has 0 spiro atoms. The first-order valence-corrected chi connectivity index (χ1v) is 7.53. The fourth-order valence-corrected chi connectivity index (χ4v) is 1.88. The summed E-state index contributed by atoms with van der Waals surface area (Å²) in [7, 11) is 0. The van der Waals surface area contributed by atoms with E-state index in [9.17, 15) is 4.79 Å². The van der Waals surface area contributed by atoms with Crippen molar-refractivity contribution in [3.63, 3.8) is 0 Å². The van der Waals surface area contributed by atoms with Gasteiger partial charge in [-0.2, -0.15) is 0 Å². The largest absolute Gasteiger partial charge is 0.464 e. The van der Waals surface area contributed by atoms with Gasteiger partial charge in [0, 0.05) is 0 Å². The molecular weight excluding hydrogens is 264 g/mol. The number of halogens is 1. The van der Waals surface area contributed by atoms with Gasteiger partial charge in [-0.05, 0) is 13.3 Å². The van der Waals surface area contributed by atoms with Gasteiger partial charge in [-0.15, -0.1) is 12.4 Å². The van der Waals surface area contributed by atoms with Crippen molar-refractivity contribution in [2.45, 2.75) is 84.2 Å². The number of ether oxygens (including phenoxy) is 1. The Morgan fingerprint density at radius 3 is 1.79 bits per heavy atom. The van der Waals surface area contributed by atoms with Gasteiger partial charge in [0.2, 0.25) is 0 Å². The van der Waals surface area contributed by atoms with Crippen LogP contribution in [0.4, 0.5) is 0 Å². The van der Waals surface area contributed by atoms with E-state index in [4.69, 9.17) is 9.84 Å². The summed E-state index contributed by atoms with van der Waals surface area (Å²) in [6.07, 6.45) is 11.7. The van der Waals surface area contributed by atoms with E-state index in [0.717, 1.165) is 12.8 Å². The molecule has 0 fully saturated rings. The van der Waals surface area contributed by atoms with Crippen LogP contribution >= 0.6 is 12.4 Å². The molecule has 0 saturated heterocycles. The summed E-state index contributed by atoms with van der Waals surface area (Å²) in [5.41, 5.74) is 0. The van der Waals surface area contributed by atoms with Crippen LogP contribution < -0.4 is 0 Å².